The lowest BCUT2D eigenvalue weighted by Crippen LogP contribution is -2.41. The van der Waals surface area contributed by atoms with Crippen LogP contribution in [0.15, 0.2) is 48.5 Å². The van der Waals surface area contributed by atoms with Crippen molar-refractivity contribution in [3.8, 4) is 11.8 Å². The Hall–Kier alpha value is -5.56. The number of nitrogens with zero attached hydrogens (tertiary/aromatic N) is 1. The molecular formula is C48H66N3O18P. The zero-order valence-corrected chi connectivity index (χ0v) is 40.4. The number of carbonyl (C=O) groups excluding carboxylic acids is 4. The van der Waals surface area contributed by atoms with Crippen LogP contribution in [0, 0.1) is 23.7 Å². The van der Waals surface area contributed by atoms with Crippen LogP contribution >= 0.6 is 7.60 Å². The number of carbonyl (C=O) groups is 7. The highest BCUT2D eigenvalue weighted by molar-refractivity contribution is 7.52. The summed E-state index contributed by atoms with van der Waals surface area (Å²) in [5, 5.41) is 33.4. The number of ether oxygens (including phenoxy) is 5. The summed E-state index contributed by atoms with van der Waals surface area (Å²) in [6.45, 7) is 4.09. The number of rotatable bonds is 38. The molecule has 70 heavy (non-hydrogen) atoms. The van der Waals surface area contributed by atoms with Crippen LogP contribution in [-0.4, -0.2) is 153 Å². The Bertz CT molecular complexity index is 2130. The lowest BCUT2D eigenvalue weighted by Gasteiger charge is -2.26. The van der Waals surface area contributed by atoms with E-state index < -0.39 is 74.3 Å². The number of hydrogen-bond donors (Lipinski definition) is 6. The van der Waals surface area contributed by atoms with Crippen LogP contribution in [0.5, 0.6) is 0 Å². The van der Waals surface area contributed by atoms with Crippen molar-refractivity contribution in [3.05, 3.63) is 65.2 Å². The van der Waals surface area contributed by atoms with E-state index in [2.05, 4.69) is 22.5 Å². The molecule has 3 amide bonds. The van der Waals surface area contributed by atoms with Crippen LogP contribution in [-0.2, 0) is 72.9 Å². The smallest absolute Gasteiger partial charge is 0.328 e. The Morgan fingerprint density at radius 2 is 1.19 bits per heavy atom. The fraction of sp³-hybridized carbons (Fsp3) is 0.562. The van der Waals surface area contributed by atoms with E-state index in [-0.39, 0.29) is 103 Å². The monoisotopic (exact) mass is 1000 g/mol. The highest BCUT2D eigenvalue weighted by atomic mass is 31.2. The molecule has 21 nitrogen and oxygen atoms in total. The first-order chi connectivity index (χ1) is 33.6. The van der Waals surface area contributed by atoms with Crippen molar-refractivity contribution in [1.29, 1.82) is 0 Å². The number of amides is 3. The maximum atomic E-state index is 13.3. The van der Waals surface area contributed by atoms with Crippen molar-refractivity contribution in [2.24, 2.45) is 11.8 Å². The fourth-order valence-corrected chi connectivity index (χ4v) is 8.27. The van der Waals surface area contributed by atoms with Gasteiger partial charge in [-0.15, -0.1) is 0 Å². The minimum atomic E-state index is -4.35. The van der Waals surface area contributed by atoms with Crippen molar-refractivity contribution in [1.82, 2.24) is 10.6 Å². The normalized spacial score (nSPS) is 13.9. The first kappa shape index (κ1) is 58.8. The maximum absolute atomic E-state index is 13.3. The van der Waals surface area contributed by atoms with Gasteiger partial charge in [-0.25, -0.2) is 4.79 Å². The predicted molar refractivity (Wildman–Crippen MR) is 252 cm³/mol. The van der Waals surface area contributed by atoms with Crippen LogP contribution in [0.3, 0.4) is 0 Å². The van der Waals surface area contributed by atoms with Crippen LogP contribution in [0.2, 0.25) is 0 Å². The number of hydrogen-bond acceptors (Lipinski definition) is 14. The van der Waals surface area contributed by atoms with Gasteiger partial charge in [0.05, 0.1) is 103 Å². The Kier molecular flexibility index (Phi) is 27.8. The van der Waals surface area contributed by atoms with E-state index in [9.17, 15) is 58.3 Å². The standard InChI is InChI=1S/C48H66N3O18P/c1-2-7-39(47(58)59)34-70(62,63)69-23-17-37(46(56)57)32-40(52)14-15-41(48(60)61)50-44(54)19-22-65-25-27-67-29-31-68-30-28-66-26-24-64-21-18-43(53)49-20-16-45(55)51-33-38-10-4-3-8-35(38)12-13-36-9-5-6-11-42(36)51/h3-6,8-11,37,39,41H,2,7,14-34H2,1H3,(H,49,53)(H,50,54)(H,56,57)(H,58,59)(H,60,61)(H,62,63)/t37?,39?,41-/m1/s1. The third kappa shape index (κ3) is 23.8. The van der Waals surface area contributed by atoms with E-state index >= 15 is 0 Å². The maximum Gasteiger partial charge on any atom is 0.328 e. The van der Waals surface area contributed by atoms with E-state index in [1.165, 1.54) is 0 Å². The third-order valence-electron chi connectivity index (χ3n) is 10.6. The molecule has 3 rings (SSSR count). The van der Waals surface area contributed by atoms with Gasteiger partial charge in [-0.2, -0.15) is 0 Å². The zero-order valence-electron chi connectivity index (χ0n) is 39.5. The van der Waals surface area contributed by atoms with Gasteiger partial charge in [0, 0.05) is 49.8 Å². The second-order valence-electron chi connectivity index (χ2n) is 16.1. The molecule has 22 heteroatoms. The van der Waals surface area contributed by atoms with Gasteiger partial charge < -0.3 is 64.0 Å². The van der Waals surface area contributed by atoms with E-state index in [0.717, 1.165) is 22.4 Å². The molecular weight excluding hydrogens is 938 g/mol. The summed E-state index contributed by atoms with van der Waals surface area (Å²) < 4.78 is 44.5. The third-order valence-corrected chi connectivity index (χ3v) is 12.1. The second kappa shape index (κ2) is 33.1. The minimum Gasteiger partial charge on any atom is -0.481 e. The van der Waals surface area contributed by atoms with Gasteiger partial charge in [0.2, 0.25) is 17.7 Å². The summed E-state index contributed by atoms with van der Waals surface area (Å²) in [6, 6.07) is 13.8. The number of fused-ring (bicyclic) bond motifs is 2. The molecule has 4 atom stereocenters. The summed E-state index contributed by atoms with van der Waals surface area (Å²) in [5.74, 6) is -1.66. The number of anilines is 1. The van der Waals surface area contributed by atoms with Gasteiger partial charge in [0.1, 0.15) is 11.8 Å². The summed E-state index contributed by atoms with van der Waals surface area (Å²) >= 11 is 0. The predicted octanol–water partition coefficient (Wildman–Crippen LogP) is 3.41. The molecule has 0 aromatic heterocycles. The first-order valence-electron chi connectivity index (χ1n) is 23.2. The van der Waals surface area contributed by atoms with Crippen LogP contribution in [0.25, 0.3) is 0 Å². The fourth-order valence-electron chi connectivity index (χ4n) is 6.88. The average molecular weight is 1000 g/mol. The molecule has 6 N–H and O–H groups in total. The molecule has 1 aliphatic heterocycles. The zero-order chi connectivity index (χ0) is 51.2. The number of carboxylic acids is 3. The van der Waals surface area contributed by atoms with Crippen LogP contribution in [0.1, 0.15) is 81.4 Å². The van der Waals surface area contributed by atoms with E-state index in [1.54, 1.807) is 11.8 Å². The number of para-hydroxylation sites is 1. The number of benzene rings is 2. The minimum absolute atomic E-state index is 0.0332. The molecule has 0 fully saturated rings. The van der Waals surface area contributed by atoms with Gasteiger partial charge in [0.25, 0.3) is 0 Å². The van der Waals surface area contributed by atoms with Gasteiger partial charge in [-0.05, 0) is 43.0 Å². The molecule has 386 valence electrons. The lowest BCUT2D eigenvalue weighted by atomic mass is 9.96. The number of carboxylic acid groups (broad SMARTS) is 3. The molecule has 2 aromatic carbocycles. The molecule has 0 spiro atoms. The highest BCUT2D eigenvalue weighted by Gasteiger charge is 2.31. The van der Waals surface area contributed by atoms with E-state index in [0.29, 0.717) is 39.4 Å². The Balaban J connectivity index is 1.13. The molecule has 3 unspecified atom stereocenters. The summed E-state index contributed by atoms with van der Waals surface area (Å²) in [4.78, 5) is 97.0. The molecule has 1 heterocycles. The number of nitrogens with one attached hydrogen (secondary N) is 2. The Morgan fingerprint density at radius 3 is 1.77 bits per heavy atom. The molecule has 0 saturated carbocycles. The molecule has 2 aromatic rings. The Morgan fingerprint density at radius 1 is 0.643 bits per heavy atom. The van der Waals surface area contributed by atoms with E-state index in [4.69, 9.17) is 28.2 Å². The van der Waals surface area contributed by atoms with Crippen molar-refractivity contribution >= 4 is 54.7 Å². The molecule has 0 bridgehead atoms. The lowest BCUT2D eigenvalue weighted by molar-refractivity contribution is -0.145. The van der Waals surface area contributed by atoms with Gasteiger partial charge >= 0.3 is 25.5 Å². The molecule has 0 saturated heterocycles. The molecule has 0 aliphatic carbocycles. The van der Waals surface area contributed by atoms with Crippen LogP contribution < -0.4 is 15.5 Å². The average Bonchev–Trinajstić information content (AvgIpc) is 3.31. The van der Waals surface area contributed by atoms with Crippen molar-refractivity contribution in [2.45, 2.75) is 77.3 Å². The van der Waals surface area contributed by atoms with Gasteiger partial charge in [-0.1, -0.05) is 55.5 Å². The van der Waals surface area contributed by atoms with Crippen LogP contribution in [0.4, 0.5) is 5.69 Å². The molecule has 0 radical (unpaired) electrons. The van der Waals surface area contributed by atoms with Gasteiger partial charge in [-0.3, -0.25) is 33.3 Å². The summed E-state index contributed by atoms with van der Waals surface area (Å²) in [7, 11) is -4.35. The Labute approximate surface area is 407 Å². The highest BCUT2D eigenvalue weighted by Crippen LogP contribution is 2.45. The molecule has 1 aliphatic rings. The second-order valence-corrected chi connectivity index (χ2v) is 18.0. The largest absolute Gasteiger partial charge is 0.481 e. The number of ketones is 1. The van der Waals surface area contributed by atoms with E-state index in [1.807, 2.05) is 48.5 Å². The van der Waals surface area contributed by atoms with Gasteiger partial charge in [0.15, 0.2) is 0 Å². The first-order valence-corrected chi connectivity index (χ1v) is 25.0. The van der Waals surface area contributed by atoms with Crippen molar-refractivity contribution in [3.63, 3.8) is 0 Å². The quantitative estimate of drug-likeness (QED) is 0.0319. The van der Waals surface area contributed by atoms with Crippen molar-refractivity contribution in [2.75, 3.05) is 90.3 Å². The topological polar surface area (TPSA) is 300 Å². The SMILES string of the molecule is CCCC(CP(=O)(O)OCCC(CC(=O)CC[C@@H](NC(=O)CCOCCOCCOCCOCCOCCC(=O)NCCC(=O)N1Cc2ccccc2C#Cc2ccccc21)C(=O)O)C(=O)O)C(=O)O. The summed E-state index contributed by atoms with van der Waals surface area (Å²) in [6.07, 6.45) is -1.44. The van der Waals surface area contributed by atoms with Crippen molar-refractivity contribution < 1.29 is 86.5 Å². The number of Topliss-reactive ketones (excluding diaryl/α,β-unsaturated/α-hetero) is 1. The number of aliphatic carboxylic acids is 3. The summed E-state index contributed by atoms with van der Waals surface area (Å²) in [5.41, 5.74) is 3.33.